The first-order chi connectivity index (χ1) is 5.57. The third kappa shape index (κ3) is 1.42. The molecule has 5 N–H and O–H groups in total. The average molecular weight is 177 g/mol. The van der Waals surface area contributed by atoms with Crippen LogP contribution in [0.15, 0.2) is 0 Å². The van der Waals surface area contributed by atoms with Crippen LogP contribution in [0.25, 0.3) is 0 Å². The summed E-state index contributed by atoms with van der Waals surface area (Å²) in [6, 6.07) is 0. The fourth-order valence-corrected chi connectivity index (χ4v) is 1.15. The van der Waals surface area contributed by atoms with Crippen LogP contribution in [0.1, 0.15) is 0 Å². The van der Waals surface area contributed by atoms with E-state index >= 15 is 0 Å². The smallest absolute Gasteiger partial charge is 0.335 e. The molecule has 0 aromatic carbocycles. The zero-order valence-electron chi connectivity index (χ0n) is 6.25. The molecule has 0 aromatic heterocycles. The highest BCUT2D eigenvalue weighted by Gasteiger charge is 2.45. The van der Waals surface area contributed by atoms with Crippen molar-refractivity contribution in [3.63, 3.8) is 0 Å². The van der Waals surface area contributed by atoms with Gasteiger partial charge in [-0.1, -0.05) is 0 Å². The number of rotatable bonds is 2. The third-order valence-corrected chi connectivity index (χ3v) is 1.84. The molecule has 1 unspecified atom stereocenters. The highest BCUT2D eigenvalue weighted by Crippen LogP contribution is 2.20. The van der Waals surface area contributed by atoms with E-state index in [4.69, 9.17) is 25.8 Å². The molecule has 0 spiro atoms. The van der Waals surface area contributed by atoms with E-state index in [9.17, 15) is 4.79 Å². The van der Waals surface area contributed by atoms with Gasteiger partial charge in [0.25, 0.3) is 0 Å². The van der Waals surface area contributed by atoms with E-state index in [0.717, 1.165) is 0 Å². The van der Waals surface area contributed by atoms with Crippen LogP contribution >= 0.6 is 0 Å². The minimum atomic E-state index is -1.39. The number of aliphatic carboxylic acids is 1. The maximum atomic E-state index is 10.4. The van der Waals surface area contributed by atoms with Gasteiger partial charge in [0.05, 0.1) is 6.10 Å². The van der Waals surface area contributed by atoms with Crippen LogP contribution in [0.2, 0.25) is 0 Å². The molecule has 0 aliphatic carbocycles. The summed E-state index contributed by atoms with van der Waals surface area (Å²) < 4.78 is 4.77. The monoisotopic (exact) mass is 177 g/mol. The van der Waals surface area contributed by atoms with Crippen molar-refractivity contribution >= 4 is 5.97 Å². The van der Waals surface area contributed by atoms with Gasteiger partial charge in [0.2, 0.25) is 0 Å². The van der Waals surface area contributed by atoms with Crippen LogP contribution in [0, 0.1) is 0 Å². The summed E-state index contributed by atoms with van der Waals surface area (Å²) >= 11 is 0. The Hall–Kier alpha value is -0.690. The number of aliphatic hydroxyl groups is 2. The zero-order valence-corrected chi connectivity index (χ0v) is 6.25. The van der Waals surface area contributed by atoms with Gasteiger partial charge in [0, 0.05) is 6.54 Å². The minimum Gasteiger partial charge on any atom is -0.479 e. The summed E-state index contributed by atoms with van der Waals surface area (Å²) in [7, 11) is 0. The lowest BCUT2D eigenvalue weighted by molar-refractivity contribution is -0.153. The van der Waals surface area contributed by atoms with E-state index in [1.54, 1.807) is 0 Å². The molecule has 1 heterocycles. The van der Waals surface area contributed by atoms with Gasteiger partial charge in [-0.15, -0.1) is 0 Å². The second-order valence-corrected chi connectivity index (χ2v) is 2.65. The van der Waals surface area contributed by atoms with E-state index in [-0.39, 0.29) is 6.54 Å². The number of carboxylic acids is 1. The van der Waals surface area contributed by atoms with Crippen molar-refractivity contribution in [2.75, 3.05) is 6.54 Å². The first-order valence-electron chi connectivity index (χ1n) is 3.52. The summed E-state index contributed by atoms with van der Waals surface area (Å²) in [5.41, 5.74) is 5.16. The predicted octanol–water partition coefficient (Wildman–Crippen LogP) is -2.48. The second-order valence-electron chi connectivity index (χ2n) is 2.65. The topological polar surface area (TPSA) is 113 Å². The molecule has 6 nitrogen and oxygen atoms in total. The molecule has 12 heavy (non-hydrogen) atoms. The standard InChI is InChI=1S/C6H11NO5/c7-1-2-3(8)4(9)5(12-2)6(10)11/h2-5,8-9H,1,7H2,(H,10,11)/t2?,3-,4+,5-/m1/s1. The van der Waals surface area contributed by atoms with Crippen LogP contribution < -0.4 is 5.73 Å². The van der Waals surface area contributed by atoms with E-state index in [1.165, 1.54) is 0 Å². The van der Waals surface area contributed by atoms with Crippen molar-refractivity contribution in [2.24, 2.45) is 5.73 Å². The molecule has 1 aliphatic heterocycles. The lowest BCUT2D eigenvalue weighted by Crippen LogP contribution is -2.37. The van der Waals surface area contributed by atoms with Gasteiger partial charge in [-0.05, 0) is 0 Å². The number of carbonyl (C=O) groups is 1. The Morgan fingerprint density at radius 2 is 2.00 bits per heavy atom. The number of hydrogen-bond acceptors (Lipinski definition) is 5. The molecule has 0 bridgehead atoms. The summed E-state index contributed by atoms with van der Waals surface area (Å²) in [6.45, 7) is -0.0119. The predicted molar refractivity (Wildman–Crippen MR) is 37.4 cm³/mol. The highest BCUT2D eigenvalue weighted by atomic mass is 16.6. The first kappa shape index (κ1) is 9.40. The van der Waals surface area contributed by atoms with E-state index in [2.05, 4.69) is 0 Å². The Balaban J connectivity index is 2.66. The van der Waals surface area contributed by atoms with Crippen molar-refractivity contribution in [2.45, 2.75) is 24.4 Å². The number of nitrogens with two attached hydrogens (primary N) is 1. The fraction of sp³-hybridized carbons (Fsp3) is 0.833. The first-order valence-corrected chi connectivity index (χ1v) is 3.52. The molecule has 1 rings (SSSR count). The van der Waals surface area contributed by atoms with Gasteiger partial charge in [-0.2, -0.15) is 0 Å². The Kier molecular flexibility index (Phi) is 2.63. The maximum Gasteiger partial charge on any atom is 0.335 e. The lowest BCUT2D eigenvalue weighted by Gasteiger charge is -2.10. The number of aliphatic hydroxyl groups excluding tert-OH is 2. The van der Waals surface area contributed by atoms with Crippen LogP contribution in [-0.2, 0) is 9.53 Å². The average Bonchev–Trinajstić information content (AvgIpc) is 2.30. The normalized spacial score (nSPS) is 41.6. The van der Waals surface area contributed by atoms with E-state index < -0.39 is 30.4 Å². The van der Waals surface area contributed by atoms with Crippen molar-refractivity contribution in [1.29, 1.82) is 0 Å². The molecular formula is C6H11NO5. The molecule has 1 fully saturated rings. The van der Waals surface area contributed by atoms with E-state index in [1.807, 2.05) is 0 Å². The number of ether oxygens (including phenoxy) is 1. The SMILES string of the molecule is NCC1O[C@@H](C(=O)O)[C@@H](O)[C@@H]1O. The van der Waals surface area contributed by atoms with Crippen molar-refractivity contribution in [1.82, 2.24) is 0 Å². The molecule has 6 heteroatoms. The van der Waals surface area contributed by atoms with Gasteiger partial charge in [0.15, 0.2) is 6.10 Å². The summed E-state index contributed by atoms with van der Waals surface area (Å²) in [5.74, 6) is -1.29. The molecule has 0 saturated carbocycles. The molecule has 1 saturated heterocycles. The van der Waals surface area contributed by atoms with Crippen LogP contribution in [0.3, 0.4) is 0 Å². The third-order valence-electron chi connectivity index (χ3n) is 1.84. The highest BCUT2D eigenvalue weighted by molar-refractivity contribution is 5.73. The Morgan fingerprint density at radius 1 is 1.42 bits per heavy atom. The second kappa shape index (κ2) is 3.36. The molecule has 70 valence electrons. The molecule has 1 aliphatic rings. The summed E-state index contributed by atoms with van der Waals surface area (Å²) in [4.78, 5) is 10.4. The summed E-state index contributed by atoms with van der Waals surface area (Å²) in [6.07, 6.45) is -4.76. The zero-order chi connectivity index (χ0) is 9.30. The fourth-order valence-electron chi connectivity index (χ4n) is 1.15. The van der Waals surface area contributed by atoms with Crippen molar-refractivity contribution in [3.05, 3.63) is 0 Å². The molecule has 4 atom stereocenters. The Labute approximate surface area is 68.6 Å². The van der Waals surface area contributed by atoms with Gasteiger partial charge in [-0.3, -0.25) is 0 Å². The van der Waals surface area contributed by atoms with E-state index in [0.29, 0.717) is 0 Å². The Bertz CT molecular complexity index is 185. The molecule has 0 aromatic rings. The summed E-state index contributed by atoms with van der Waals surface area (Å²) in [5, 5.41) is 26.8. The van der Waals surface area contributed by atoms with Gasteiger partial charge in [0.1, 0.15) is 12.2 Å². The molecule has 0 amide bonds. The lowest BCUT2D eigenvalue weighted by atomic mass is 10.1. The molecule has 0 radical (unpaired) electrons. The minimum absolute atomic E-state index is 0.0119. The number of hydrogen-bond donors (Lipinski definition) is 4. The maximum absolute atomic E-state index is 10.4. The van der Waals surface area contributed by atoms with Crippen molar-refractivity contribution < 1.29 is 24.9 Å². The Morgan fingerprint density at radius 3 is 2.25 bits per heavy atom. The van der Waals surface area contributed by atoms with Crippen LogP contribution in [0.4, 0.5) is 0 Å². The van der Waals surface area contributed by atoms with Gasteiger partial charge < -0.3 is 25.8 Å². The largest absolute Gasteiger partial charge is 0.479 e. The van der Waals surface area contributed by atoms with Crippen LogP contribution in [-0.4, -0.2) is 52.2 Å². The molecular weight excluding hydrogens is 166 g/mol. The number of carboxylic acid groups (broad SMARTS) is 1. The van der Waals surface area contributed by atoms with Crippen molar-refractivity contribution in [3.8, 4) is 0 Å². The van der Waals surface area contributed by atoms with Gasteiger partial charge in [-0.25, -0.2) is 4.79 Å². The van der Waals surface area contributed by atoms with Crippen LogP contribution in [0.5, 0.6) is 0 Å². The van der Waals surface area contributed by atoms with Gasteiger partial charge >= 0.3 is 5.97 Å². The quantitative estimate of drug-likeness (QED) is 0.371.